The highest BCUT2D eigenvalue weighted by atomic mass is 28.4. The summed E-state index contributed by atoms with van der Waals surface area (Å²) in [6.45, 7) is 16.2. The van der Waals surface area contributed by atoms with Gasteiger partial charge in [0.15, 0.2) is 8.32 Å². The maximum absolute atomic E-state index is 9.64. The Balaban J connectivity index is 2.22. The third kappa shape index (κ3) is 3.72. The zero-order valence-electron chi connectivity index (χ0n) is 17.8. The minimum Gasteiger partial charge on any atom is -0.414 e. The van der Waals surface area contributed by atoms with Gasteiger partial charge in [0.25, 0.3) is 0 Å². The second-order valence-electron chi connectivity index (χ2n) is 9.71. The number of fused-ring (bicyclic) bond motifs is 1. The maximum atomic E-state index is 9.64. The van der Waals surface area contributed by atoms with E-state index in [0.717, 1.165) is 0 Å². The van der Waals surface area contributed by atoms with Crippen LogP contribution in [-0.4, -0.2) is 14.4 Å². The molecule has 3 heteroatoms. The molecule has 25 heavy (non-hydrogen) atoms. The molecule has 0 aromatic heterocycles. The van der Waals surface area contributed by atoms with E-state index >= 15 is 0 Å². The number of hydrogen-bond acceptors (Lipinski definition) is 2. The summed E-state index contributed by atoms with van der Waals surface area (Å²) in [5.74, 6) is 1.83. The first-order chi connectivity index (χ1) is 11.7. The average molecular weight is 364 g/mol. The van der Waals surface area contributed by atoms with Crippen molar-refractivity contribution in [3.63, 3.8) is 0 Å². The van der Waals surface area contributed by atoms with Crippen LogP contribution in [0.5, 0.6) is 0 Å². The van der Waals surface area contributed by atoms with E-state index in [9.17, 15) is 5.26 Å². The molecule has 0 amide bonds. The van der Waals surface area contributed by atoms with Crippen LogP contribution in [0.3, 0.4) is 0 Å². The lowest BCUT2D eigenvalue weighted by Gasteiger charge is -2.50. The predicted octanol–water partition coefficient (Wildman–Crippen LogP) is 6.78. The van der Waals surface area contributed by atoms with E-state index in [4.69, 9.17) is 4.43 Å². The van der Waals surface area contributed by atoms with Gasteiger partial charge in [-0.3, -0.25) is 0 Å². The molecule has 0 heterocycles. The molecule has 2 saturated carbocycles. The Kier molecular flexibility index (Phi) is 6.48. The van der Waals surface area contributed by atoms with E-state index < -0.39 is 8.32 Å². The van der Waals surface area contributed by atoms with Crippen LogP contribution in [0, 0.1) is 39.9 Å². The Morgan fingerprint density at radius 1 is 1.16 bits per heavy atom. The number of hydrogen-bond donors (Lipinski definition) is 0. The Bertz CT molecular complexity index is 484. The summed E-state index contributed by atoms with van der Waals surface area (Å²) in [6, 6.07) is 6.34. The summed E-state index contributed by atoms with van der Waals surface area (Å²) >= 11 is 0. The standard InChI is InChI=1S/C22H41NOSi/c1-8-25(9-2,10-3)24-20-12-11-15-22(7)18(13-14-19(20)22)17(4)21(5,6)16-23/h17-20H,8-15H2,1-7H3/t17-,18?,19?,20+,22-/m1/s1. The summed E-state index contributed by atoms with van der Waals surface area (Å²) in [6.07, 6.45) is 6.96. The molecular weight excluding hydrogens is 322 g/mol. The van der Waals surface area contributed by atoms with Gasteiger partial charge in [-0.2, -0.15) is 5.26 Å². The van der Waals surface area contributed by atoms with Crippen molar-refractivity contribution in [3.05, 3.63) is 0 Å². The molecule has 0 aliphatic heterocycles. The van der Waals surface area contributed by atoms with Crippen molar-refractivity contribution in [2.75, 3.05) is 0 Å². The molecule has 2 nitrogen and oxygen atoms in total. The van der Waals surface area contributed by atoms with Crippen molar-refractivity contribution >= 4 is 8.32 Å². The van der Waals surface area contributed by atoms with Crippen molar-refractivity contribution in [1.29, 1.82) is 5.26 Å². The number of nitriles is 1. The fourth-order valence-electron chi connectivity index (χ4n) is 6.05. The van der Waals surface area contributed by atoms with Crippen molar-refractivity contribution in [2.45, 2.75) is 105 Å². The van der Waals surface area contributed by atoms with Gasteiger partial charge in [-0.1, -0.05) is 41.0 Å². The molecule has 0 aromatic carbocycles. The van der Waals surface area contributed by atoms with E-state index in [1.165, 1.54) is 50.2 Å². The van der Waals surface area contributed by atoms with Gasteiger partial charge in [-0.25, -0.2) is 0 Å². The Labute approximate surface area is 157 Å². The first kappa shape index (κ1) is 21.0. The lowest BCUT2D eigenvalue weighted by Crippen LogP contribution is -2.49. The van der Waals surface area contributed by atoms with Gasteiger partial charge < -0.3 is 4.43 Å². The highest BCUT2D eigenvalue weighted by molar-refractivity contribution is 6.73. The molecule has 2 fully saturated rings. The molecule has 2 rings (SSSR count). The second-order valence-corrected chi connectivity index (χ2v) is 14.4. The largest absolute Gasteiger partial charge is 0.414 e. The van der Waals surface area contributed by atoms with Gasteiger partial charge in [0.1, 0.15) is 0 Å². The average Bonchev–Trinajstić information content (AvgIpc) is 2.96. The smallest absolute Gasteiger partial charge is 0.192 e. The highest BCUT2D eigenvalue weighted by Gasteiger charge is 2.55. The van der Waals surface area contributed by atoms with Gasteiger partial charge in [0.05, 0.1) is 11.5 Å². The third-order valence-electron chi connectivity index (χ3n) is 8.50. The second kappa shape index (κ2) is 7.73. The lowest BCUT2D eigenvalue weighted by atomic mass is 9.58. The van der Waals surface area contributed by atoms with Crippen LogP contribution in [0.2, 0.25) is 18.1 Å². The summed E-state index contributed by atoms with van der Waals surface area (Å²) in [4.78, 5) is 0. The summed E-state index contributed by atoms with van der Waals surface area (Å²) < 4.78 is 7.02. The van der Waals surface area contributed by atoms with E-state index in [2.05, 4.69) is 54.5 Å². The molecule has 0 saturated heterocycles. The third-order valence-corrected chi connectivity index (χ3v) is 13.2. The summed E-state index contributed by atoms with van der Waals surface area (Å²) in [5.41, 5.74) is 0.136. The first-order valence-electron chi connectivity index (χ1n) is 10.8. The molecular formula is C22H41NOSi. The van der Waals surface area contributed by atoms with Crippen molar-refractivity contribution in [3.8, 4) is 6.07 Å². The monoisotopic (exact) mass is 363 g/mol. The van der Waals surface area contributed by atoms with E-state index in [0.29, 0.717) is 29.3 Å². The molecule has 2 unspecified atom stereocenters. The van der Waals surface area contributed by atoms with Crippen LogP contribution in [0.4, 0.5) is 0 Å². The molecule has 0 bridgehead atoms. The number of nitrogens with zero attached hydrogens (tertiary/aromatic N) is 1. The minimum atomic E-state index is -1.54. The fraction of sp³-hybridized carbons (Fsp3) is 0.955. The molecule has 2 aliphatic carbocycles. The highest BCUT2D eigenvalue weighted by Crippen LogP contribution is 2.60. The normalized spacial score (nSPS) is 34.4. The van der Waals surface area contributed by atoms with Gasteiger partial charge in [0, 0.05) is 6.10 Å². The first-order valence-corrected chi connectivity index (χ1v) is 13.3. The summed E-state index contributed by atoms with van der Waals surface area (Å²) in [5, 5.41) is 9.64. The SMILES string of the molecule is CC[Si](CC)(CC)O[C@H]1CCC[C@@]2(C)C1CCC2[C@@H](C)C(C)(C)C#N. The molecule has 0 radical (unpaired) electrons. The summed E-state index contributed by atoms with van der Waals surface area (Å²) in [7, 11) is -1.54. The van der Waals surface area contributed by atoms with Gasteiger partial charge in [-0.15, -0.1) is 0 Å². The van der Waals surface area contributed by atoms with Crippen molar-refractivity contribution in [2.24, 2.45) is 28.6 Å². The van der Waals surface area contributed by atoms with Crippen LogP contribution in [0.1, 0.15) is 80.6 Å². The van der Waals surface area contributed by atoms with Crippen LogP contribution < -0.4 is 0 Å². The van der Waals surface area contributed by atoms with Gasteiger partial charge >= 0.3 is 0 Å². The van der Waals surface area contributed by atoms with Crippen molar-refractivity contribution < 1.29 is 4.43 Å². The van der Waals surface area contributed by atoms with Gasteiger partial charge in [-0.05, 0) is 80.8 Å². The Morgan fingerprint density at radius 2 is 1.76 bits per heavy atom. The molecule has 2 aliphatic rings. The molecule has 5 atom stereocenters. The van der Waals surface area contributed by atoms with Crippen molar-refractivity contribution in [1.82, 2.24) is 0 Å². The van der Waals surface area contributed by atoms with Gasteiger partial charge in [0.2, 0.25) is 0 Å². The van der Waals surface area contributed by atoms with E-state index in [-0.39, 0.29) is 5.41 Å². The van der Waals surface area contributed by atoms with Crippen LogP contribution in [0.25, 0.3) is 0 Å². The van der Waals surface area contributed by atoms with Crippen LogP contribution in [0.15, 0.2) is 0 Å². The Hall–Kier alpha value is -0.333. The predicted molar refractivity (Wildman–Crippen MR) is 109 cm³/mol. The fourth-order valence-corrected chi connectivity index (χ4v) is 8.97. The molecule has 0 N–H and O–H groups in total. The van der Waals surface area contributed by atoms with E-state index in [1.807, 2.05) is 0 Å². The van der Waals surface area contributed by atoms with Crippen LogP contribution in [-0.2, 0) is 4.43 Å². The Morgan fingerprint density at radius 3 is 2.28 bits per heavy atom. The van der Waals surface area contributed by atoms with Crippen LogP contribution >= 0.6 is 0 Å². The van der Waals surface area contributed by atoms with E-state index in [1.54, 1.807) is 0 Å². The number of rotatable bonds is 7. The molecule has 0 spiro atoms. The zero-order chi connectivity index (χ0) is 18.9. The molecule has 144 valence electrons. The topological polar surface area (TPSA) is 33.0 Å². The minimum absolute atomic E-state index is 0.231. The quantitative estimate of drug-likeness (QED) is 0.467. The zero-order valence-corrected chi connectivity index (χ0v) is 18.8. The molecule has 0 aromatic rings. The maximum Gasteiger partial charge on any atom is 0.192 e. The lowest BCUT2D eigenvalue weighted by molar-refractivity contribution is -0.0290.